The Bertz CT molecular complexity index is 716. The Morgan fingerprint density at radius 3 is 2.56 bits per heavy atom. The molecule has 1 aromatic heterocycles. The lowest BCUT2D eigenvalue weighted by atomic mass is 10.2. The number of halogens is 3. The molecule has 0 atom stereocenters. The van der Waals surface area contributed by atoms with E-state index in [1.165, 1.54) is 24.5 Å². The summed E-state index contributed by atoms with van der Waals surface area (Å²) in [6.07, 6.45) is -1.86. The van der Waals surface area contributed by atoms with E-state index in [1.54, 1.807) is 0 Å². The summed E-state index contributed by atoms with van der Waals surface area (Å²) >= 11 is 0. The van der Waals surface area contributed by atoms with Crippen LogP contribution in [0, 0.1) is 0 Å². The van der Waals surface area contributed by atoms with Crippen molar-refractivity contribution in [1.82, 2.24) is 20.2 Å². The molecule has 1 aromatic carbocycles. The zero-order valence-electron chi connectivity index (χ0n) is 13.8. The molecule has 9 heteroatoms. The molecule has 2 aromatic rings. The molecule has 2 N–H and O–H groups in total. The topological polar surface area (TPSA) is 70.2 Å². The lowest BCUT2D eigenvalue weighted by Crippen LogP contribution is -2.31. The van der Waals surface area contributed by atoms with Crippen LogP contribution in [0.3, 0.4) is 0 Å². The van der Waals surface area contributed by atoms with Crippen molar-refractivity contribution in [3.05, 3.63) is 47.9 Å². The van der Waals surface area contributed by atoms with E-state index >= 15 is 0 Å². The first-order valence-electron chi connectivity index (χ1n) is 7.45. The van der Waals surface area contributed by atoms with Gasteiger partial charge in [-0.1, -0.05) is 6.07 Å². The molecule has 0 spiro atoms. The van der Waals surface area contributed by atoms with Gasteiger partial charge in [0, 0.05) is 18.8 Å². The number of likely N-dealkylation sites (N-methyl/N-ethyl adjacent to an activating group) is 1. The molecule has 0 saturated heterocycles. The van der Waals surface area contributed by atoms with Gasteiger partial charge in [0.1, 0.15) is 11.5 Å². The Balaban J connectivity index is 2.00. The van der Waals surface area contributed by atoms with Crippen molar-refractivity contribution in [1.29, 1.82) is 0 Å². The summed E-state index contributed by atoms with van der Waals surface area (Å²) in [6, 6.07) is 4.74. The predicted octanol–water partition coefficient (Wildman–Crippen LogP) is 2.53. The van der Waals surface area contributed by atoms with Crippen molar-refractivity contribution >= 4 is 17.4 Å². The number of alkyl halides is 3. The highest BCUT2D eigenvalue weighted by Crippen LogP contribution is 2.31. The van der Waals surface area contributed by atoms with Crippen LogP contribution in [0.2, 0.25) is 0 Å². The molecule has 0 aliphatic heterocycles. The van der Waals surface area contributed by atoms with E-state index < -0.39 is 11.7 Å². The normalized spacial score (nSPS) is 11.4. The SMILES string of the molecule is CN(C)CCNC(=O)c1cnc(Nc2cccc(C(F)(F)F)c2)cn1. The third-order valence-corrected chi connectivity index (χ3v) is 3.19. The van der Waals surface area contributed by atoms with E-state index in [1.807, 2.05) is 19.0 Å². The van der Waals surface area contributed by atoms with Crippen molar-refractivity contribution in [2.45, 2.75) is 6.18 Å². The second-order valence-corrected chi connectivity index (χ2v) is 5.55. The minimum atomic E-state index is -4.42. The van der Waals surface area contributed by atoms with Crippen molar-refractivity contribution in [3.63, 3.8) is 0 Å². The summed E-state index contributed by atoms with van der Waals surface area (Å²) in [7, 11) is 3.78. The van der Waals surface area contributed by atoms with Gasteiger partial charge in [-0.3, -0.25) is 4.79 Å². The number of carbonyl (C=O) groups is 1. The summed E-state index contributed by atoms with van der Waals surface area (Å²) < 4.78 is 38.1. The molecular formula is C16H18F3N5O. The molecule has 0 aliphatic carbocycles. The smallest absolute Gasteiger partial charge is 0.349 e. The Kier molecular flexibility index (Phi) is 5.92. The molecular weight excluding hydrogens is 335 g/mol. The Labute approximate surface area is 143 Å². The van der Waals surface area contributed by atoms with Crippen LogP contribution in [0.4, 0.5) is 24.7 Å². The fourth-order valence-electron chi connectivity index (χ4n) is 1.91. The van der Waals surface area contributed by atoms with Crippen LogP contribution in [-0.4, -0.2) is 48.0 Å². The van der Waals surface area contributed by atoms with Crippen LogP contribution in [0.5, 0.6) is 0 Å². The number of benzene rings is 1. The van der Waals surface area contributed by atoms with Crippen LogP contribution in [0.25, 0.3) is 0 Å². The molecule has 134 valence electrons. The first-order chi connectivity index (χ1) is 11.8. The minimum absolute atomic E-state index is 0.133. The number of aromatic nitrogens is 2. The van der Waals surface area contributed by atoms with E-state index in [-0.39, 0.29) is 23.1 Å². The number of carbonyl (C=O) groups excluding carboxylic acids is 1. The average Bonchev–Trinajstić information content (AvgIpc) is 2.54. The van der Waals surface area contributed by atoms with Crippen molar-refractivity contribution in [2.24, 2.45) is 0 Å². The molecule has 0 bridgehead atoms. The van der Waals surface area contributed by atoms with E-state index in [4.69, 9.17) is 0 Å². The summed E-state index contributed by atoms with van der Waals surface area (Å²) in [5.74, 6) is -0.121. The molecule has 0 unspecified atom stereocenters. The fraction of sp³-hybridized carbons (Fsp3) is 0.312. The van der Waals surface area contributed by atoms with Crippen LogP contribution in [0.1, 0.15) is 16.1 Å². The molecule has 0 fully saturated rings. The molecule has 0 saturated carbocycles. The van der Waals surface area contributed by atoms with Gasteiger partial charge in [0.2, 0.25) is 0 Å². The van der Waals surface area contributed by atoms with Crippen LogP contribution in [-0.2, 0) is 6.18 Å². The third-order valence-electron chi connectivity index (χ3n) is 3.19. The number of anilines is 2. The minimum Gasteiger partial charge on any atom is -0.349 e. The largest absolute Gasteiger partial charge is 0.416 e. The molecule has 0 aliphatic rings. The number of nitrogens with one attached hydrogen (secondary N) is 2. The molecule has 25 heavy (non-hydrogen) atoms. The zero-order valence-corrected chi connectivity index (χ0v) is 13.8. The van der Waals surface area contributed by atoms with Gasteiger partial charge < -0.3 is 15.5 Å². The summed E-state index contributed by atoms with van der Waals surface area (Å²) in [5.41, 5.74) is -0.400. The lowest BCUT2D eigenvalue weighted by molar-refractivity contribution is -0.137. The predicted molar refractivity (Wildman–Crippen MR) is 87.6 cm³/mol. The van der Waals surface area contributed by atoms with Gasteiger partial charge in [-0.25, -0.2) is 9.97 Å². The number of rotatable bonds is 6. The molecule has 1 amide bonds. The second-order valence-electron chi connectivity index (χ2n) is 5.55. The number of amides is 1. The lowest BCUT2D eigenvalue weighted by Gasteiger charge is -2.11. The van der Waals surface area contributed by atoms with Gasteiger partial charge in [0.25, 0.3) is 5.91 Å². The molecule has 2 rings (SSSR count). The third kappa shape index (κ3) is 5.71. The van der Waals surface area contributed by atoms with Gasteiger partial charge in [0.15, 0.2) is 0 Å². The monoisotopic (exact) mass is 353 g/mol. The molecule has 6 nitrogen and oxygen atoms in total. The first kappa shape index (κ1) is 18.7. The fourth-order valence-corrected chi connectivity index (χ4v) is 1.91. The highest BCUT2D eigenvalue weighted by molar-refractivity contribution is 5.92. The number of nitrogens with zero attached hydrogens (tertiary/aromatic N) is 3. The van der Waals surface area contributed by atoms with E-state index in [0.29, 0.717) is 13.1 Å². The van der Waals surface area contributed by atoms with Crippen LogP contribution in [0.15, 0.2) is 36.7 Å². The maximum absolute atomic E-state index is 12.7. The highest BCUT2D eigenvalue weighted by atomic mass is 19.4. The highest BCUT2D eigenvalue weighted by Gasteiger charge is 2.30. The van der Waals surface area contributed by atoms with Gasteiger partial charge in [-0.15, -0.1) is 0 Å². The van der Waals surface area contributed by atoms with Crippen LogP contribution >= 0.6 is 0 Å². The summed E-state index contributed by atoms with van der Waals surface area (Å²) in [5, 5.41) is 5.42. The average molecular weight is 353 g/mol. The number of hydrogen-bond acceptors (Lipinski definition) is 5. The Morgan fingerprint density at radius 2 is 1.96 bits per heavy atom. The maximum Gasteiger partial charge on any atom is 0.416 e. The maximum atomic E-state index is 12.7. The number of hydrogen-bond donors (Lipinski definition) is 2. The van der Waals surface area contributed by atoms with Gasteiger partial charge in [0.05, 0.1) is 18.0 Å². The van der Waals surface area contributed by atoms with Crippen molar-refractivity contribution in [3.8, 4) is 0 Å². The van der Waals surface area contributed by atoms with Crippen molar-refractivity contribution in [2.75, 3.05) is 32.5 Å². The first-order valence-corrected chi connectivity index (χ1v) is 7.45. The quantitative estimate of drug-likeness (QED) is 0.835. The summed E-state index contributed by atoms with van der Waals surface area (Å²) in [6.45, 7) is 1.16. The Hall–Kier alpha value is -2.68. The Morgan fingerprint density at radius 1 is 1.20 bits per heavy atom. The van der Waals surface area contributed by atoms with Gasteiger partial charge >= 0.3 is 6.18 Å². The van der Waals surface area contributed by atoms with Crippen molar-refractivity contribution < 1.29 is 18.0 Å². The standard InChI is InChI=1S/C16H18F3N5O/c1-24(2)7-6-20-15(25)13-9-22-14(10-21-13)23-12-5-3-4-11(8-12)16(17,18)19/h3-5,8-10H,6-7H2,1-2H3,(H,20,25)(H,22,23). The van der Waals surface area contributed by atoms with Gasteiger partial charge in [-0.2, -0.15) is 13.2 Å². The second kappa shape index (κ2) is 7.93. The van der Waals surface area contributed by atoms with E-state index in [9.17, 15) is 18.0 Å². The van der Waals surface area contributed by atoms with Crippen LogP contribution < -0.4 is 10.6 Å². The van der Waals surface area contributed by atoms with E-state index in [0.717, 1.165) is 12.1 Å². The summed E-state index contributed by atoms with van der Waals surface area (Å²) in [4.78, 5) is 21.8. The molecule has 1 heterocycles. The zero-order chi connectivity index (χ0) is 18.4. The van der Waals surface area contributed by atoms with Gasteiger partial charge in [-0.05, 0) is 32.3 Å². The van der Waals surface area contributed by atoms with E-state index in [2.05, 4.69) is 20.6 Å². The molecule has 0 radical (unpaired) electrons.